The van der Waals surface area contributed by atoms with E-state index in [0.717, 1.165) is 77.0 Å². The van der Waals surface area contributed by atoms with Gasteiger partial charge in [-0.05, 0) is 38.5 Å². The summed E-state index contributed by atoms with van der Waals surface area (Å²) in [5.41, 5.74) is 0. The van der Waals surface area contributed by atoms with Gasteiger partial charge in [-0.1, -0.05) is 219 Å². The minimum Gasteiger partial charge on any atom is -0.481 e. The second-order valence-corrected chi connectivity index (χ2v) is 24.4. The minimum atomic E-state index is -4.33. The number of carbonyl (C=O) groups is 4. The molecule has 0 aliphatic carbocycles. The largest absolute Gasteiger partial charge is 0.481 e. The van der Waals surface area contributed by atoms with Crippen molar-refractivity contribution in [1.82, 2.24) is 0 Å². The first-order valence-electron chi connectivity index (χ1n) is 31.5. The summed E-state index contributed by atoms with van der Waals surface area (Å²) in [6.07, 6.45) is 40.9. The number of phosphoric acid groups is 1. The molecule has 0 aromatic heterocycles. The molecule has 16 heteroatoms. The third-order valence-corrected chi connectivity index (χ3v) is 15.3. The van der Waals surface area contributed by atoms with Crippen molar-refractivity contribution < 1.29 is 71.0 Å². The van der Waals surface area contributed by atoms with Gasteiger partial charge >= 0.3 is 31.7 Å². The Bertz CT molecular complexity index is 1320. The number of carboxylic acids is 2. The van der Waals surface area contributed by atoms with Crippen molar-refractivity contribution in [2.75, 3.05) is 73.9 Å². The lowest BCUT2D eigenvalue weighted by atomic mass is 10.0. The number of nitrogens with zero attached hydrogens (tertiary/aromatic N) is 1. The summed E-state index contributed by atoms with van der Waals surface area (Å²) in [6, 6.07) is 0. The van der Waals surface area contributed by atoms with E-state index in [9.17, 15) is 23.7 Å². The van der Waals surface area contributed by atoms with Crippen molar-refractivity contribution in [3.63, 3.8) is 0 Å². The molecule has 0 heterocycles. The molecule has 0 unspecified atom stereocenters. The predicted molar refractivity (Wildman–Crippen MR) is 310 cm³/mol. The van der Waals surface area contributed by atoms with E-state index in [1.54, 1.807) is 0 Å². The Balaban J connectivity index is 5.57. The van der Waals surface area contributed by atoms with Gasteiger partial charge < -0.3 is 33.6 Å². The number of phosphoric ester groups is 1. The van der Waals surface area contributed by atoms with Crippen molar-refractivity contribution in [3.8, 4) is 0 Å². The third kappa shape index (κ3) is 56.9. The van der Waals surface area contributed by atoms with Crippen LogP contribution in [0.1, 0.15) is 284 Å². The predicted octanol–water partition coefficient (Wildman–Crippen LogP) is 16.3. The number of quaternary nitrogens is 1. The molecule has 0 rings (SSSR count). The molecule has 0 aliphatic rings. The molecule has 0 aromatic rings. The fourth-order valence-electron chi connectivity index (χ4n) is 8.99. The number of esters is 2. The van der Waals surface area contributed by atoms with Crippen LogP contribution in [-0.2, 0) is 56.3 Å². The van der Waals surface area contributed by atoms with Gasteiger partial charge in [0.15, 0.2) is 0 Å². The van der Waals surface area contributed by atoms with Crippen molar-refractivity contribution in [2.45, 2.75) is 296 Å². The van der Waals surface area contributed by atoms with Crippen LogP contribution in [0.25, 0.3) is 0 Å². The molecule has 0 saturated carbocycles. The average Bonchev–Trinajstić information content (AvgIpc) is 3.38. The molecule has 0 bridgehead atoms. The van der Waals surface area contributed by atoms with Gasteiger partial charge in [0.05, 0.1) is 47.6 Å². The van der Waals surface area contributed by atoms with Crippen molar-refractivity contribution >= 4 is 31.7 Å². The normalized spacial score (nSPS) is 12.7. The second kappa shape index (κ2) is 54.5. The van der Waals surface area contributed by atoms with Gasteiger partial charge in [0, 0.05) is 38.9 Å². The Morgan fingerprint density at radius 3 is 0.922 bits per heavy atom. The van der Waals surface area contributed by atoms with E-state index in [4.69, 9.17) is 42.7 Å². The first-order valence-corrected chi connectivity index (χ1v) is 33.0. The molecular formula is C61H119NO14P+. The van der Waals surface area contributed by atoms with E-state index in [0.29, 0.717) is 49.9 Å². The van der Waals surface area contributed by atoms with Crippen LogP contribution < -0.4 is 0 Å². The summed E-state index contributed by atoms with van der Waals surface area (Å²) in [5, 5.41) is 17.9. The Kier molecular flexibility index (Phi) is 53.0. The molecule has 0 aliphatic heterocycles. The van der Waals surface area contributed by atoms with E-state index < -0.39 is 43.9 Å². The number of likely N-dealkylation sites (N-methyl/N-ethyl adjacent to an activating group) is 1. The SMILES string of the molecule is CCCCCCCCCCCCCCCCOC[C@H](COP(=O)(OCC[N+](C)(C)C)OC[C@@H](COCCCCCCCCCCCCCCCC)OC(=O)CCCCCCCC(=O)O)OC(=O)CCCCCCCC(=O)O. The first kappa shape index (κ1) is 74.9. The minimum absolute atomic E-state index is 0.0329. The van der Waals surface area contributed by atoms with Gasteiger partial charge in [0.1, 0.15) is 25.4 Å². The zero-order valence-electron chi connectivity index (χ0n) is 50.2. The zero-order valence-corrected chi connectivity index (χ0v) is 51.1. The van der Waals surface area contributed by atoms with Crippen LogP contribution in [0, 0.1) is 0 Å². The van der Waals surface area contributed by atoms with Gasteiger partial charge in [0.2, 0.25) is 0 Å². The van der Waals surface area contributed by atoms with Crippen LogP contribution in [-0.4, -0.2) is 125 Å². The monoisotopic (exact) mass is 1120 g/mol. The number of unbranched alkanes of at least 4 members (excludes halogenated alkanes) is 34. The van der Waals surface area contributed by atoms with Crippen molar-refractivity contribution in [3.05, 3.63) is 0 Å². The van der Waals surface area contributed by atoms with Crippen LogP contribution in [0.2, 0.25) is 0 Å². The molecule has 0 radical (unpaired) electrons. The molecular weight excluding hydrogens is 1000 g/mol. The van der Waals surface area contributed by atoms with Gasteiger partial charge in [0.25, 0.3) is 0 Å². The Hall–Kier alpha value is -2.13. The van der Waals surface area contributed by atoms with Gasteiger partial charge in [-0.2, -0.15) is 0 Å². The number of carboxylic acid groups (broad SMARTS) is 2. The highest BCUT2D eigenvalue weighted by Crippen LogP contribution is 2.50. The number of ether oxygens (including phenoxy) is 4. The highest BCUT2D eigenvalue weighted by Gasteiger charge is 2.32. The number of carbonyl (C=O) groups excluding carboxylic acids is 2. The molecule has 15 nitrogen and oxygen atoms in total. The Morgan fingerprint density at radius 1 is 0.364 bits per heavy atom. The Labute approximate surface area is 470 Å². The molecule has 456 valence electrons. The topological polar surface area (TPSA) is 190 Å². The van der Waals surface area contributed by atoms with Crippen LogP contribution in [0.15, 0.2) is 0 Å². The number of hydrogen-bond acceptors (Lipinski definition) is 12. The molecule has 0 saturated heterocycles. The maximum Gasteiger partial charge on any atom is 0.475 e. The lowest BCUT2D eigenvalue weighted by Crippen LogP contribution is -2.37. The van der Waals surface area contributed by atoms with Crippen LogP contribution >= 0.6 is 7.82 Å². The van der Waals surface area contributed by atoms with Crippen LogP contribution in [0.4, 0.5) is 0 Å². The van der Waals surface area contributed by atoms with Crippen LogP contribution in [0.3, 0.4) is 0 Å². The summed E-state index contributed by atoms with van der Waals surface area (Å²) >= 11 is 0. The van der Waals surface area contributed by atoms with E-state index in [1.165, 1.54) is 141 Å². The van der Waals surface area contributed by atoms with Gasteiger partial charge in [-0.15, -0.1) is 0 Å². The molecule has 0 amide bonds. The Morgan fingerprint density at radius 2 is 0.636 bits per heavy atom. The second-order valence-electron chi connectivity index (χ2n) is 22.8. The molecule has 2 atom stereocenters. The molecule has 0 fully saturated rings. The molecule has 0 aromatic carbocycles. The lowest BCUT2D eigenvalue weighted by Gasteiger charge is -2.27. The van der Waals surface area contributed by atoms with E-state index in [1.807, 2.05) is 21.1 Å². The van der Waals surface area contributed by atoms with Crippen LogP contribution in [0.5, 0.6) is 0 Å². The lowest BCUT2D eigenvalue weighted by molar-refractivity contribution is -0.870. The first-order chi connectivity index (χ1) is 37.2. The summed E-state index contributed by atoms with van der Waals surface area (Å²) < 4.78 is 56.7. The van der Waals surface area contributed by atoms with E-state index in [-0.39, 0.29) is 58.7 Å². The molecule has 2 N–H and O–H groups in total. The smallest absolute Gasteiger partial charge is 0.475 e. The number of rotatable bonds is 62. The highest BCUT2D eigenvalue weighted by molar-refractivity contribution is 7.48. The van der Waals surface area contributed by atoms with Gasteiger partial charge in [-0.25, -0.2) is 4.57 Å². The highest BCUT2D eigenvalue weighted by atomic mass is 31.2. The van der Waals surface area contributed by atoms with E-state index in [2.05, 4.69) is 13.8 Å². The number of aliphatic carboxylic acids is 2. The van der Waals surface area contributed by atoms with Crippen molar-refractivity contribution in [1.29, 1.82) is 0 Å². The fourth-order valence-corrected chi connectivity index (χ4v) is 10.2. The summed E-state index contributed by atoms with van der Waals surface area (Å²) in [5.74, 6) is -2.49. The standard InChI is InChI=1S/C61H118NO14P/c1-6-8-10-12-14-16-18-20-22-24-26-28-36-42-49-70-52-56(75-60(67)46-40-34-30-32-38-44-58(63)64)54-73-77(69,72-51-48-62(3,4)5)74-55-57(76-61(68)47-41-35-31-33-39-45-59(65)66)53-71-50-43-37-29-27-25-23-21-19-17-15-13-11-9-7-2/h56-57H,6-55H2,1-5H3,(H-,63,64,65,66)/p+1/t56-,57-/m1/s1. The molecule has 77 heavy (non-hydrogen) atoms. The molecule has 0 spiro atoms. The maximum absolute atomic E-state index is 14.5. The fraction of sp³-hybridized carbons (Fsp3) is 0.934. The van der Waals surface area contributed by atoms with Crippen molar-refractivity contribution in [2.24, 2.45) is 0 Å². The summed E-state index contributed by atoms with van der Waals surface area (Å²) in [6.45, 7) is 5.45. The third-order valence-electron chi connectivity index (χ3n) is 13.9. The number of hydrogen-bond donors (Lipinski definition) is 2. The quantitative estimate of drug-likeness (QED) is 0.0253. The average molecular weight is 1120 g/mol. The van der Waals surface area contributed by atoms with E-state index >= 15 is 0 Å². The summed E-state index contributed by atoms with van der Waals surface area (Å²) in [7, 11) is 1.62. The van der Waals surface area contributed by atoms with Gasteiger partial charge in [-0.3, -0.25) is 32.7 Å². The summed E-state index contributed by atoms with van der Waals surface area (Å²) in [4.78, 5) is 48.1. The maximum atomic E-state index is 14.5. The zero-order chi connectivity index (χ0) is 56.8.